The van der Waals surface area contributed by atoms with Gasteiger partial charge in [0.1, 0.15) is 0 Å². The van der Waals surface area contributed by atoms with E-state index in [-0.39, 0.29) is 0 Å². The molecule has 18 heavy (non-hydrogen) atoms. The van der Waals surface area contributed by atoms with Crippen molar-refractivity contribution in [3.63, 3.8) is 0 Å². The molecule has 0 aliphatic heterocycles. The Hall–Kier alpha value is -0.0800. The van der Waals surface area contributed by atoms with E-state index in [1.807, 2.05) is 7.05 Å². The van der Waals surface area contributed by atoms with E-state index in [1.54, 1.807) is 0 Å². The highest BCUT2D eigenvalue weighted by molar-refractivity contribution is 4.70. The van der Waals surface area contributed by atoms with E-state index in [0.717, 1.165) is 12.0 Å². The summed E-state index contributed by atoms with van der Waals surface area (Å²) < 4.78 is 0. The lowest BCUT2D eigenvalue weighted by Gasteiger charge is -2.32. The Balaban J connectivity index is 3.86. The molecule has 0 atom stereocenters. The van der Waals surface area contributed by atoms with Gasteiger partial charge in [-0.1, -0.05) is 40.5 Å². The second-order valence-corrected chi connectivity index (χ2v) is 5.88. The van der Waals surface area contributed by atoms with Gasteiger partial charge < -0.3 is 10.2 Å². The molecule has 0 bridgehead atoms. The van der Waals surface area contributed by atoms with E-state index in [4.69, 9.17) is 0 Å². The van der Waals surface area contributed by atoms with Crippen molar-refractivity contribution in [1.29, 1.82) is 0 Å². The van der Waals surface area contributed by atoms with Crippen LogP contribution in [0, 0.1) is 5.92 Å². The zero-order valence-corrected chi connectivity index (χ0v) is 13.5. The fourth-order valence-electron chi connectivity index (χ4n) is 2.67. The van der Waals surface area contributed by atoms with Gasteiger partial charge in [0.05, 0.1) is 0 Å². The molecule has 0 aliphatic carbocycles. The molecule has 0 saturated heterocycles. The molecule has 2 heteroatoms. The van der Waals surface area contributed by atoms with Crippen molar-refractivity contribution >= 4 is 0 Å². The van der Waals surface area contributed by atoms with Gasteiger partial charge in [0, 0.05) is 12.6 Å². The lowest BCUT2D eigenvalue weighted by molar-refractivity contribution is 0.162. The lowest BCUT2D eigenvalue weighted by atomic mass is 10.1. The van der Waals surface area contributed by atoms with Crippen molar-refractivity contribution in [1.82, 2.24) is 10.2 Å². The van der Waals surface area contributed by atoms with Gasteiger partial charge in [-0.15, -0.1) is 0 Å². The van der Waals surface area contributed by atoms with E-state index in [9.17, 15) is 0 Å². The number of hydrogen-bond acceptors (Lipinski definition) is 2. The Morgan fingerprint density at radius 3 is 2.06 bits per heavy atom. The standard InChI is InChI=1S/C16H36N2/c1-6-16(7-2)18(14-15(3)4)13-11-9-8-10-12-17-5/h15-17H,6-14H2,1-5H3. The Morgan fingerprint density at radius 1 is 0.944 bits per heavy atom. The van der Waals surface area contributed by atoms with Crippen molar-refractivity contribution in [3.8, 4) is 0 Å². The lowest BCUT2D eigenvalue weighted by Crippen LogP contribution is -2.38. The van der Waals surface area contributed by atoms with Crippen LogP contribution in [0.4, 0.5) is 0 Å². The van der Waals surface area contributed by atoms with Gasteiger partial charge in [-0.25, -0.2) is 0 Å². The van der Waals surface area contributed by atoms with Crippen LogP contribution in [0.3, 0.4) is 0 Å². The third-order valence-electron chi connectivity index (χ3n) is 3.68. The molecule has 0 spiro atoms. The molecule has 0 fully saturated rings. The van der Waals surface area contributed by atoms with E-state index < -0.39 is 0 Å². The molecule has 0 amide bonds. The Morgan fingerprint density at radius 2 is 1.56 bits per heavy atom. The van der Waals surface area contributed by atoms with Crippen molar-refractivity contribution in [3.05, 3.63) is 0 Å². The maximum atomic E-state index is 3.22. The second-order valence-electron chi connectivity index (χ2n) is 5.88. The largest absolute Gasteiger partial charge is 0.320 e. The first-order chi connectivity index (χ1) is 8.65. The molecule has 0 aliphatic rings. The van der Waals surface area contributed by atoms with Crippen LogP contribution in [0.25, 0.3) is 0 Å². The zero-order chi connectivity index (χ0) is 13.8. The summed E-state index contributed by atoms with van der Waals surface area (Å²) in [6.07, 6.45) is 8.04. The molecular formula is C16H36N2. The fourth-order valence-corrected chi connectivity index (χ4v) is 2.67. The summed E-state index contributed by atoms with van der Waals surface area (Å²) in [7, 11) is 2.04. The molecule has 0 heterocycles. The third-order valence-corrected chi connectivity index (χ3v) is 3.68. The normalized spacial score (nSPS) is 12.0. The van der Waals surface area contributed by atoms with Crippen molar-refractivity contribution < 1.29 is 0 Å². The molecule has 0 rings (SSSR count). The molecule has 0 unspecified atom stereocenters. The van der Waals surface area contributed by atoms with Crippen molar-refractivity contribution in [2.75, 3.05) is 26.7 Å². The van der Waals surface area contributed by atoms with Crippen LogP contribution < -0.4 is 5.32 Å². The van der Waals surface area contributed by atoms with Crippen LogP contribution in [0.1, 0.15) is 66.2 Å². The molecule has 1 N–H and O–H groups in total. The quantitative estimate of drug-likeness (QED) is 0.533. The maximum Gasteiger partial charge on any atom is 0.00901 e. The average Bonchev–Trinajstić information content (AvgIpc) is 2.34. The number of hydrogen-bond donors (Lipinski definition) is 1. The SMILES string of the molecule is CCC(CC)N(CCCCCCNC)CC(C)C. The van der Waals surface area contributed by atoms with Crippen LogP contribution in [0.2, 0.25) is 0 Å². The highest BCUT2D eigenvalue weighted by Crippen LogP contribution is 2.13. The molecule has 0 aromatic rings. The number of nitrogens with one attached hydrogen (secondary N) is 1. The summed E-state index contributed by atoms with van der Waals surface area (Å²) in [6.45, 7) is 13.1. The van der Waals surface area contributed by atoms with E-state index in [0.29, 0.717) is 0 Å². The molecule has 2 nitrogen and oxygen atoms in total. The first-order valence-electron chi connectivity index (χ1n) is 8.04. The summed E-state index contributed by atoms with van der Waals surface area (Å²) in [4.78, 5) is 2.72. The Bertz CT molecular complexity index is 164. The molecule has 0 radical (unpaired) electrons. The smallest absolute Gasteiger partial charge is 0.00901 e. The molecule has 110 valence electrons. The van der Waals surface area contributed by atoms with Crippen LogP contribution >= 0.6 is 0 Å². The number of rotatable bonds is 12. The van der Waals surface area contributed by atoms with E-state index in [2.05, 4.69) is 37.9 Å². The first kappa shape index (κ1) is 17.9. The highest BCUT2D eigenvalue weighted by Gasteiger charge is 2.15. The summed E-state index contributed by atoms with van der Waals surface area (Å²) in [5.41, 5.74) is 0. The monoisotopic (exact) mass is 256 g/mol. The third kappa shape index (κ3) is 8.93. The summed E-state index contributed by atoms with van der Waals surface area (Å²) in [6, 6.07) is 0.796. The van der Waals surface area contributed by atoms with E-state index >= 15 is 0 Å². The van der Waals surface area contributed by atoms with Crippen molar-refractivity contribution in [2.45, 2.75) is 72.3 Å². The van der Waals surface area contributed by atoms with Gasteiger partial charge in [-0.2, -0.15) is 0 Å². The minimum Gasteiger partial charge on any atom is -0.320 e. The highest BCUT2D eigenvalue weighted by atomic mass is 15.1. The van der Waals surface area contributed by atoms with Crippen LogP contribution in [-0.2, 0) is 0 Å². The van der Waals surface area contributed by atoms with Gasteiger partial charge >= 0.3 is 0 Å². The predicted molar refractivity (Wildman–Crippen MR) is 83.2 cm³/mol. The maximum absolute atomic E-state index is 3.22. The molecular weight excluding hydrogens is 220 g/mol. The molecule has 0 aromatic heterocycles. The fraction of sp³-hybridized carbons (Fsp3) is 1.00. The zero-order valence-electron chi connectivity index (χ0n) is 13.5. The number of unbranched alkanes of at least 4 members (excludes halogenated alkanes) is 3. The summed E-state index contributed by atoms with van der Waals surface area (Å²) in [5, 5.41) is 3.22. The first-order valence-corrected chi connectivity index (χ1v) is 8.04. The molecule has 0 aromatic carbocycles. The van der Waals surface area contributed by atoms with Crippen LogP contribution in [-0.4, -0.2) is 37.6 Å². The van der Waals surface area contributed by atoms with Gasteiger partial charge in [0.15, 0.2) is 0 Å². The minimum atomic E-state index is 0.787. The van der Waals surface area contributed by atoms with Crippen molar-refractivity contribution in [2.24, 2.45) is 5.92 Å². The van der Waals surface area contributed by atoms with Gasteiger partial charge in [-0.3, -0.25) is 0 Å². The second kappa shape index (κ2) is 12.0. The van der Waals surface area contributed by atoms with Gasteiger partial charge in [0.25, 0.3) is 0 Å². The average molecular weight is 256 g/mol. The van der Waals surface area contributed by atoms with Crippen LogP contribution in [0.15, 0.2) is 0 Å². The molecule has 0 saturated carbocycles. The van der Waals surface area contributed by atoms with E-state index in [1.165, 1.54) is 58.2 Å². The van der Waals surface area contributed by atoms with Gasteiger partial charge in [0.2, 0.25) is 0 Å². The minimum absolute atomic E-state index is 0.787. The Kier molecular flexibility index (Phi) is 11.9. The van der Waals surface area contributed by atoms with Gasteiger partial charge in [-0.05, 0) is 51.7 Å². The number of nitrogens with zero attached hydrogens (tertiary/aromatic N) is 1. The predicted octanol–water partition coefficient (Wildman–Crippen LogP) is 3.91. The summed E-state index contributed by atoms with van der Waals surface area (Å²) >= 11 is 0. The van der Waals surface area contributed by atoms with Crippen LogP contribution in [0.5, 0.6) is 0 Å². The summed E-state index contributed by atoms with van der Waals surface area (Å²) in [5.74, 6) is 0.787. The topological polar surface area (TPSA) is 15.3 Å². The Labute approximate surface area is 116 Å².